The summed E-state index contributed by atoms with van der Waals surface area (Å²) >= 11 is 0. The fourth-order valence-electron chi connectivity index (χ4n) is 2.01. The molecule has 8 nitrogen and oxygen atoms in total. The van der Waals surface area contributed by atoms with Gasteiger partial charge in [0.2, 0.25) is 0 Å². The van der Waals surface area contributed by atoms with E-state index in [0.717, 1.165) is 10.1 Å². The molecule has 8 heteroatoms. The van der Waals surface area contributed by atoms with Crippen molar-refractivity contribution in [3.8, 4) is 0 Å². The summed E-state index contributed by atoms with van der Waals surface area (Å²) in [5.41, 5.74) is -0.887. The van der Waals surface area contributed by atoms with Crippen LogP contribution in [0.25, 0.3) is 0 Å². The molecular formula is C9H12N4O4. The van der Waals surface area contributed by atoms with E-state index in [9.17, 15) is 20.2 Å². The summed E-state index contributed by atoms with van der Waals surface area (Å²) in [6, 6.07) is 0. The first-order chi connectivity index (χ1) is 7.95. The summed E-state index contributed by atoms with van der Waals surface area (Å²) in [7, 11) is 0. The number of allylic oxidation sites excluding steroid dienone is 2. The number of fused-ring (bicyclic) bond motifs is 1. The molecule has 0 bridgehead atoms. The molecule has 92 valence electrons. The van der Waals surface area contributed by atoms with Gasteiger partial charge in [-0.1, -0.05) is 0 Å². The van der Waals surface area contributed by atoms with E-state index in [2.05, 4.69) is 10.4 Å². The van der Waals surface area contributed by atoms with Gasteiger partial charge in [-0.25, -0.2) is 10.1 Å². The molecule has 1 saturated heterocycles. The Morgan fingerprint density at radius 2 is 1.35 bits per heavy atom. The van der Waals surface area contributed by atoms with Crippen LogP contribution in [0.15, 0.2) is 33.1 Å². The molecule has 0 saturated carbocycles. The molecule has 1 heterocycles. The summed E-state index contributed by atoms with van der Waals surface area (Å²) in [6.07, 6.45) is 0.425. The van der Waals surface area contributed by atoms with Gasteiger partial charge in [-0.15, -0.1) is 9.81 Å². The molecule has 2 rings (SSSR count). The van der Waals surface area contributed by atoms with Gasteiger partial charge in [-0.3, -0.25) is 10.4 Å². The number of nitroso groups, excluding NO2 is 2. The number of nitrogens with zero attached hydrogens (tertiary/aromatic N) is 4. The highest BCUT2D eigenvalue weighted by molar-refractivity contribution is 5.43. The van der Waals surface area contributed by atoms with Gasteiger partial charge in [-0.05, 0) is 24.2 Å². The second-order valence-electron chi connectivity index (χ2n) is 4.39. The van der Waals surface area contributed by atoms with Crippen LogP contribution < -0.4 is 0 Å². The van der Waals surface area contributed by atoms with E-state index in [1.165, 1.54) is 13.8 Å². The third kappa shape index (κ3) is 1.38. The zero-order chi connectivity index (χ0) is 12.8. The lowest BCUT2D eigenvalue weighted by Gasteiger charge is -2.30. The van der Waals surface area contributed by atoms with Crippen LogP contribution in [0, 0.1) is 9.81 Å². The van der Waals surface area contributed by atoms with Crippen molar-refractivity contribution in [2.24, 2.45) is 10.4 Å². The first kappa shape index (κ1) is 11.7. The van der Waals surface area contributed by atoms with E-state index >= 15 is 0 Å². The average molecular weight is 240 g/mol. The van der Waals surface area contributed by atoms with Gasteiger partial charge in [0.25, 0.3) is 0 Å². The fraction of sp³-hybridized carbons (Fsp3) is 0.556. The van der Waals surface area contributed by atoms with Crippen LogP contribution >= 0.6 is 0 Å². The lowest BCUT2D eigenvalue weighted by atomic mass is 10.0. The molecule has 0 aromatic rings. The Hall–Kier alpha value is -1.80. The Morgan fingerprint density at radius 3 is 1.65 bits per heavy atom. The second-order valence-corrected chi connectivity index (χ2v) is 4.39. The van der Waals surface area contributed by atoms with Crippen molar-refractivity contribution in [3.05, 3.63) is 32.6 Å². The maximum atomic E-state index is 10.7. The van der Waals surface area contributed by atoms with Crippen molar-refractivity contribution < 1.29 is 10.4 Å². The first-order valence-corrected chi connectivity index (χ1v) is 5.06. The third-order valence-corrected chi connectivity index (χ3v) is 3.05. The molecule has 0 spiro atoms. The average Bonchev–Trinajstić information content (AvgIpc) is 2.50. The second kappa shape index (κ2) is 3.60. The van der Waals surface area contributed by atoms with Gasteiger partial charge in [0, 0.05) is 12.8 Å². The topological polar surface area (TPSA) is 106 Å². The molecule has 17 heavy (non-hydrogen) atoms. The Bertz CT molecular complexity index is 414. The Kier molecular flexibility index (Phi) is 2.48. The van der Waals surface area contributed by atoms with Crippen LogP contribution in [-0.2, 0) is 0 Å². The minimum Gasteiger partial charge on any atom is -0.286 e. The largest absolute Gasteiger partial charge is 0.286 e. The van der Waals surface area contributed by atoms with Crippen molar-refractivity contribution in [1.82, 2.24) is 10.1 Å². The molecule has 0 radical (unpaired) electrons. The summed E-state index contributed by atoms with van der Waals surface area (Å²) in [4.78, 5) is 21.4. The van der Waals surface area contributed by atoms with E-state index in [1.807, 2.05) is 0 Å². The fourth-order valence-corrected chi connectivity index (χ4v) is 2.01. The predicted octanol–water partition coefficient (Wildman–Crippen LogP) is 1.87. The molecule has 0 atom stereocenters. The van der Waals surface area contributed by atoms with Crippen molar-refractivity contribution in [1.29, 1.82) is 0 Å². The maximum Gasteiger partial charge on any atom is 0.156 e. The first-order valence-electron chi connectivity index (χ1n) is 5.06. The van der Waals surface area contributed by atoms with Crippen molar-refractivity contribution >= 4 is 0 Å². The molecule has 2 aliphatic rings. The molecule has 0 unspecified atom stereocenters. The summed E-state index contributed by atoms with van der Waals surface area (Å²) in [5, 5.41) is 27.0. The van der Waals surface area contributed by atoms with E-state index in [-0.39, 0.29) is 35.6 Å². The third-order valence-electron chi connectivity index (χ3n) is 3.05. The summed E-state index contributed by atoms with van der Waals surface area (Å²) < 4.78 is 0. The smallest absolute Gasteiger partial charge is 0.156 e. The minimum atomic E-state index is -1.18. The van der Waals surface area contributed by atoms with E-state index in [1.54, 1.807) is 0 Å². The minimum absolute atomic E-state index is 0.0494. The van der Waals surface area contributed by atoms with Crippen LogP contribution in [-0.4, -0.2) is 26.2 Å². The normalized spacial score (nSPS) is 23.1. The Balaban J connectivity index is 2.69. The molecule has 2 N–H and O–H groups in total. The van der Waals surface area contributed by atoms with Crippen LogP contribution in [0.5, 0.6) is 0 Å². The highest BCUT2D eigenvalue weighted by Gasteiger charge is 2.49. The number of hydrogen-bond acceptors (Lipinski definition) is 8. The van der Waals surface area contributed by atoms with E-state index in [0.29, 0.717) is 0 Å². The van der Waals surface area contributed by atoms with Gasteiger partial charge in [0.1, 0.15) is 22.8 Å². The van der Waals surface area contributed by atoms with Gasteiger partial charge < -0.3 is 0 Å². The molecule has 0 amide bonds. The molecular weight excluding hydrogens is 228 g/mol. The van der Waals surface area contributed by atoms with E-state index in [4.69, 9.17) is 0 Å². The zero-order valence-electron chi connectivity index (χ0n) is 9.41. The van der Waals surface area contributed by atoms with Crippen LogP contribution in [0.2, 0.25) is 0 Å². The van der Waals surface area contributed by atoms with Crippen molar-refractivity contribution in [3.63, 3.8) is 0 Å². The van der Waals surface area contributed by atoms with Gasteiger partial charge in [0.05, 0.1) is 0 Å². The monoisotopic (exact) mass is 240 g/mol. The van der Waals surface area contributed by atoms with E-state index < -0.39 is 5.66 Å². The molecule has 0 aromatic carbocycles. The van der Waals surface area contributed by atoms with Gasteiger partial charge >= 0.3 is 0 Å². The van der Waals surface area contributed by atoms with Crippen LogP contribution in [0.4, 0.5) is 0 Å². The number of rotatable bonds is 2. The maximum absolute atomic E-state index is 10.7. The zero-order valence-corrected chi connectivity index (χ0v) is 9.41. The highest BCUT2D eigenvalue weighted by atomic mass is 16.6. The van der Waals surface area contributed by atoms with Gasteiger partial charge in [-0.2, -0.15) is 0 Å². The Morgan fingerprint density at radius 1 is 1.00 bits per heavy atom. The standard InChI is InChI=1S/C9H12N4O4/c1-9(2)12(16)7-5(10-14)3-4-6(11-15)8(7)13(9)17/h16-17H,3-4H2,1-2H3. The molecule has 1 aliphatic carbocycles. The van der Waals surface area contributed by atoms with Gasteiger partial charge in [0.15, 0.2) is 5.66 Å². The highest BCUT2D eigenvalue weighted by Crippen LogP contribution is 2.45. The van der Waals surface area contributed by atoms with Crippen molar-refractivity contribution in [2.45, 2.75) is 32.4 Å². The Labute approximate surface area is 96.7 Å². The lowest BCUT2D eigenvalue weighted by Crippen LogP contribution is -2.44. The predicted molar refractivity (Wildman–Crippen MR) is 56.2 cm³/mol. The lowest BCUT2D eigenvalue weighted by molar-refractivity contribution is -0.227. The van der Waals surface area contributed by atoms with Crippen molar-refractivity contribution in [2.75, 3.05) is 0 Å². The molecule has 1 aliphatic heterocycles. The molecule has 1 fully saturated rings. The number of hydrogen-bond donors (Lipinski definition) is 2. The quantitative estimate of drug-likeness (QED) is 0.713. The van der Waals surface area contributed by atoms with Crippen LogP contribution in [0.1, 0.15) is 26.7 Å². The summed E-state index contributed by atoms with van der Waals surface area (Å²) in [5.74, 6) is 0. The molecule has 0 aromatic heterocycles. The van der Waals surface area contributed by atoms with Crippen LogP contribution in [0.3, 0.4) is 0 Å². The summed E-state index contributed by atoms with van der Waals surface area (Å²) in [6.45, 7) is 3.05. The SMILES string of the molecule is CC1(C)N(O)C2=C(N=O)CCC(N=O)=C2N1O. The number of hydroxylamine groups is 4.